The number of fused-ring (bicyclic) bond motifs is 1. The zero-order valence-electron chi connectivity index (χ0n) is 12.3. The number of aromatic nitrogens is 1. The van der Waals surface area contributed by atoms with Gasteiger partial charge in [0.25, 0.3) is 0 Å². The van der Waals surface area contributed by atoms with Gasteiger partial charge < -0.3 is 14.8 Å². The van der Waals surface area contributed by atoms with Crippen molar-refractivity contribution in [2.45, 2.75) is 0 Å². The average Bonchev–Trinajstić information content (AvgIpc) is 2.55. The van der Waals surface area contributed by atoms with Gasteiger partial charge in [-0.1, -0.05) is 0 Å². The molecule has 0 atom stereocenters. The second-order valence-corrected chi connectivity index (χ2v) is 4.71. The van der Waals surface area contributed by atoms with Crippen LogP contribution < -0.4 is 14.8 Å². The molecule has 0 bridgehead atoms. The second-order valence-electron chi connectivity index (χ2n) is 4.71. The lowest BCUT2D eigenvalue weighted by Crippen LogP contribution is -1.97. The molecule has 22 heavy (non-hydrogen) atoms. The summed E-state index contributed by atoms with van der Waals surface area (Å²) in [4.78, 5) is 4.24. The molecule has 0 fully saturated rings. The van der Waals surface area contributed by atoms with Crippen molar-refractivity contribution in [3.8, 4) is 11.5 Å². The number of nitrogens with zero attached hydrogens (tertiary/aromatic N) is 1. The number of nitrogens with one attached hydrogen (secondary N) is 1. The molecule has 2 aromatic carbocycles. The Morgan fingerprint density at radius 2 is 1.82 bits per heavy atom. The predicted molar refractivity (Wildman–Crippen MR) is 84.5 cm³/mol. The maximum Gasteiger partial charge on any atom is 0.142 e. The van der Waals surface area contributed by atoms with Gasteiger partial charge in [-0.15, -0.1) is 0 Å². The van der Waals surface area contributed by atoms with Crippen molar-refractivity contribution in [1.82, 2.24) is 4.98 Å². The third kappa shape index (κ3) is 2.65. The van der Waals surface area contributed by atoms with Gasteiger partial charge in [0.15, 0.2) is 0 Å². The molecular formula is C17H15FN2O2. The van der Waals surface area contributed by atoms with E-state index < -0.39 is 0 Å². The van der Waals surface area contributed by atoms with Crippen LogP contribution >= 0.6 is 0 Å². The van der Waals surface area contributed by atoms with Gasteiger partial charge in [-0.05, 0) is 36.4 Å². The van der Waals surface area contributed by atoms with Gasteiger partial charge in [0.1, 0.15) is 17.3 Å². The van der Waals surface area contributed by atoms with Crippen molar-refractivity contribution in [2.75, 3.05) is 19.5 Å². The van der Waals surface area contributed by atoms with Crippen LogP contribution in [0.1, 0.15) is 0 Å². The zero-order chi connectivity index (χ0) is 15.5. The molecule has 0 aliphatic carbocycles. The predicted octanol–water partition coefficient (Wildman–Crippen LogP) is 4.13. The van der Waals surface area contributed by atoms with E-state index in [4.69, 9.17) is 9.47 Å². The number of ether oxygens (including phenoxy) is 2. The van der Waals surface area contributed by atoms with Crippen molar-refractivity contribution in [3.63, 3.8) is 0 Å². The Balaban J connectivity index is 2.08. The molecular weight excluding hydrogens is 283 g/mol. The van der Waals surface area contributed by atoms with Crippen LogP contribution in [0, 0.1) is 5.82 Å². The van der Waals surface area contributed by atoms with Crippen molar-refractivity contribution < 1.29 is 13.9 Å². The number of hydrogen-bond acceptors (Lipinski definition) is 4. The number of methoxy groups -OCH3 is 2. The summed E-state index contributed by atoms with van der Waals surface area (Å²) in [6.45, 7) is 0. The fourth-order valence-corrected chi connectivity index (χ4v) is 2.28. The monoisotopic (exact) mass is 298 g/mol. The number of rotatable bonds is 4. The lowest BCUT2D eigenvalue weighted by molar-refractivity contribution is 0.405. The Bertz CT molecular complexity index is 821. The van der Waals surface area contributed by atoms with Gasteiger partial charge in [-0.3, -0.25) is 4.98 Å². The summed E-state index contributed by atoms with van der Waals surface area (Å²) in [6, 6.07) is 11.7. The molecule has 1 aromatic heterocycles. The van der Waals surface area contributed by atoms with Crippen LogP contribution in [-0.4, -0.2) is 19.2 Å². The fraction of sp³-hybridized carbons (Fsp3) is 0.118. The third-order valence-corrected chi connectivity index (χ3v) is 3.38. The summed E-state index contributed by atoms with van der Waals surface area (Å²) in [7, 11) is 3.19. The van der Waals surface area contributed by atoms with Crippen LogP contribution in [0.4, 0.5) is 15.8 Å². The molecule has 1 N–H and O–H groups in total. The Labute approximate surface area is 127 Å². The van der Waals surface area contributed by atoms with Crippen LogP contribution in [0.3, 0.4) is 0 Å². The van der Waals surface area contributed by atoms with Crippen LogP contribution in [-0.2, 0) is 0 Å². The fourth-order valence-electron chi connectivity index (χ4n) is 2.28. The first kappa shape index (κ1) is 14.1. The second kappa shape index (κ2) is 5.89. The molecule has 0 radical (unpaired) electrons. The van der Waals surface area contributed by atoms with Crippen LogP contribution in [0.2, 0.25) is 0 Å². The number of halogens is 1. The first-order valence-electron chi connectivity index (χ1n) is 6.74. The van der Waals surface area contributed by atoms with E-state index >= 15 is 0 Å². The van der Waals surface area contributed by atoms with Crippen molar-refractivity contribution in [2.24, 2.45) is 0 Å². The highest BCUT2D eigenvalue weighted by Gasteiger charge is 2.08. The Kier molecular flexibility index (Phi) is 3.78. The standard InChI is InChI=1S/C17H15FN2O2/c1-21-12-4-6-17(22-2)16(10-12)20-15-7-8-19-14-5-3-11(18)9-13(14)15/h3-10H,1-2H3,(H,19,20). The summed E-state index contributed by atoms with van der Waals surface area (Å²) in [6.07, 6.45) is 1.68. The van der Waals surface area contributed by atoms with Gasteiger partial charge in [-0.2, -0.15) is 0 Å². The first-order chi connectivity index (χ1) is 10.7. The van der Waals surface area contributed by atoms with Gasteiger partial charge in [0, 0.05) is 23.3 Å². The lowest BCUT2D eigenvalue weighted by atomic mass is 10.1. The molecule has 0 amide bonds. The topological polar surface area (TPSA) is 43.4 Å². The lowest BCUT2D eigenvalue weighted by Gasteiger charge is -2.14. The molecule has 1 heterocycles. The minimum absolute atomic E-state index is 0.304. The molecule has 0 aliphatic rings. The maximum atomic E-state index is 13.5. The summed E-state index contributed by atoms with van der Waals surface area (Å²) in [5.41, 5.74) is 2.20. The number of anilines is 2. The van der Waals surface area contributed by atoms with Crippen molar-refractivity contribution in [1.29, 1.82) is 0 Å². The van der Waals surface area contributed by atoms with E-state index in [0.29, 0.717) is 22.4 Å². The van der Waals surface area contributed by atoms with Crippen LogP contribution in [0.5, 0.6) is 11.5 Å². The molecule has 3 rings (SSSR count). The Hall–Kier alpha value is -2.82. The smallest absolute Gasteiger partial charge is 0.142 e. The van der Waals surface area contributed by atoms with Crippen molar-refractivity contribution >= 4 is 22.3 Å². The maximum absolute atomic E-state index is 13.5. The molecule has 5 heteroatoms. The summed E-state index contributed by atoms with van der Waals surface area (Å²) in [5.74, 6) is 1.07. The molecule has 0 spiro atoms. The molecule has 0 aliphatic heterocycles. The van der Waals surface area contributed by atoms with E-state index in [-0.39, 0.29) is 5.82 Å². The zero-order valence-corrected chi connectivity index (χ0v) is 12.3. The van der Waals surface area contributed by atoms with Crippen LogP contribution in [0.15, 0.2) is 48.7 Å². The molecule has 112 valence electrons. The van der Waals surface area contributed by atoms with E-state index in [1.165, 1.54) is 12.1 Å². The largest absolute Gasteiger partial charge is 0.497 e. The van der Waals surface area contributed by atoms with E-state index in [9.17, 15) is 4.39 Å². The van der Waals surface area contributed by atoms with Crippen molar-refractivity contribution in [3.05, 3.63) is 54.5 Å². The van der Waals surface area contributed by atoms with Gasteiger partial charge >= 0.3 is 0 Å². The number of pyridine rings is 1. The Morgan fingerprint density at radius 3 is 2.59 bits per heavy atom. The van der Waals surface area contributed by atoms with Gasteiger partial charge in [-0.25, -0.2) is 4.39 Å². The summed E-state index contributed by atoms with van der Waals surface area (Å²) >= 11 is 0. The number of hydrogen-bond donors (Lipinski definition) is 1. The highest BCUT2D eigenvalue weighted by Crippen LogP contribution is 2.33. The SMILES string of the molecule is COc1ccc(OC)c(Nc2ccnc3ccc(F)cc23)c1. The summed E-state index contributed by atoms with van der Waals surface area (Å²) < 4.78 is 24.1. The van der Waals surface area contributed by atoms with E-state index in [1.807, 2.05) is 18.2 Å². The molecule has 0 unspecified atom stereocenters. The van der Waals surface area contributed by atoms with E-state index in [0.717, 1.165) is 11.4 Å². The minimum Gasteiger partial charge on any atom is -0.497 e. The minimum atomic E-state index is -0.304. The average molecular weight is 298 g/mol. The third-order valence-electron chi connectivity index (χ3n) is 3.38. The molecule has 4 nitrogen and oxygen atoms in total. The number of benzene rings is 2. The molecule has 3 aromatic rings. The summed E-state index contributed by atoms with van der Waals surface area (Å²) in [5, 5.41) is 3.96. The van der Waals surface area contributed by atoms with E-state index in [2.05, 4.69) is 10.3 Å². The molecule has 0 saturated heterocycles. The quantitative estimate of drug-likeness (QED) is 0.786. The normalized spacial score (nSPS) is 10.5. The first-order valence-corrected chi connectivity index (χ1v) is 6.74. The highest BCUT2D eigenvalue weighted by atomic mass is 19.1. The molecule has 0 saturated carbocycles. The Morgan fingerprint density at radius 1 is 0.955 bits per heavy atom. The highest BCUT2D eigenvalue weighted by molar-refractivity contribution is 5.93. The van der Waals surface area contributed by atoms with Crippen LogP contribution in [0.25, 0.3) is 10.9 Å². The van der Waals surface area contributed by atoms with Gasteiger partial charge in [0.05, 0.1) is 25.4 Å². The van der Waals surface area contributed by atoms with E-state index in [1.54, 1.807) is 32.5 Å². The van der Waals surface area contributed by atoms with Gasteiger partial charge in [0.2, 0.25) is 0 Å².